The van der Waals surface area contributed by atoms with Crippen molar-refractivity contribution in [3.8, 4) is 11.5 Å². The summed E-state index contributed by atoms with van der Waals surface area (Å²) in [5, 5.41) is -0.110. The Morgan fingerprint density at radius 3 is 2.27 bits per heavy atom. The zero-order valence-corrected chi connectivity index (χ0v) is 25.7. The highest BCUT2D eigenvalue weighted by atomic mass is 28.4. The predicted octanol–water partition coefficient (Wildman–Crippen LogP) is 5.18. The van der Waals surface area contributed by atoms with Crippen LogP contribution in [0.5, 0.6) is 11.5 Å². The van der Waals surface area contributed by atoms with E-state index in [2.05, 4.69) is 33.9 Å². The number of ether oxygens (including phenoxy) is 5. The number of carbonyl (C=O) groups is 3. The summed E-state index contributed by atoms with van der Waals surface area (Å²) in [5.41, 5.74) is -1.71. The molecule has 0 amide bonds. The van der Waals surface area contributed by atoms with Crippen LogP contribution in [0.15, 0.2) is 48.5 Å². The van der Waals surface area contributed by atoms with E-state index in [0.717, 1.165) is 5.56 Å². The third kappa shape index (κ3) is 4.85. The molecule has 1 saturated carbocycles. The molecule has 0 bridgehead atoms. The molecular formula is C31H38O9Si. The lowest BCUT2D eigenvalue weighted by Crippen LogP contribution is -2.57. The van der Waals surface area contributed by atoms with Gasteiger partial charge in [-0.1, -0.05) is 45.0 Å². The van der Waals surface area contributed by atoms with E-state index in [1.165, 1.54) is 14.2 Å². The molecule has 0 radical (unpaired) electrons. The Balaban J connectivity index is 1.58. The van der Waals surface area contributed by atoms with Gasteiger partial charge < -0.3 is 28.1 Å². The molecule has 0 unspecified atom stereocenters. The second-order valence-corrected chi connectivity index (χ2v) is 17.5. The molecule has 10 heteroatoms. The van der Waals surface area contributed by atoms with Crippen molar-refractivity contribution >= 4 is 26.2 Å². The quantitative estimate of drug-likeness (QED) is 0.180. The molecule has 2 fully saturated rings. The zero-order chi connectivity index (χ0) is 29.8. The Morgan fingerprint density at radius 1 is 0.976 bits per heavy atom. The predicted molar refractivity (Wildman–Crippen MR) is 152 cm³/mol. The topological polar surface area (TPSA) is 110 Å². The standard InChI is InChI=1S/C31H38O9Si/c1-28(2,3)41(6,7)40-29-18-30(16-24(32)35-4)31(39-30,17-25(33)36-5)26(29)22-14-13-21(15-23(22)37-19-29)38-27(34)20-11-9-8-10-12-20/h8-15,26H,16-19H2,1-7H3/t26-,29-,30+,31-/m1/s1. The van der Waals surface area contributed by atoms with E-state index in [1.807, 2.05) is 12.1 Å². The maximum atomic E-state index is 12.8. The van der Waals surface area contributed by atoms with E-state index in [9.17, 15) is 14.4 Å². The van der Waals surface area contributed by atoms with Gasteiger partial charge in [-0.25, -0.2) is 4.79 Å². The molecule has 4 atom stereocenters. The van der Waals surface area contributed by atoms with Crippen LogP contribution < -0.4 is 9.47 Å². The Hall–Kier alpha value is -3.21. The number of methoxy groups -OCH3 is 2. The summed E-state index contributed by atoms with van der Waals surface area (Å²) >= 11 is 0. The monoisotopic (exact) mass is 582 g/mol. The first-order chi connectivity index (χ1) is 19.2. The van der Waals surface area contributed by atoms with Gasteiger partial charge in [0, 0.05) is 18.1 Å². The average molecular weight is 583 g/mol. The van der Waals surface area contributed by atoms with Crippen LogP contribution in [0, 0.1) is 0 Å². The third-order valence-electron chi connectivity index (χ3n) is 9.23. The van der Waals surface area contributed by atoms with E-state index >= 15 is 0 Å². The van der Waals surface area contributed by atoms with Crippen LogP contribution in [-0.2, 0) is 28.2 Å². The largest absolute Gasteiger partial charge is 0.490 e. The molecule has 9 nitrogen and oxygen atoms in total. The Kier molecular flexibility index (Phi) is 7.11. The lowest BCUT2D eigenvalue weighted by Gasteiger charge is -2.50. The van der Waals surface area contributed by atoms with Crippen molar-refractivity contribution in [2.45, 2.75) is 80.9 Å². The van der Waals surface area contributed by atoms with Gasteiger partial charge in [-0.05, 0) is 36.3 Å². The Labute approximate surface area is 241 Å². The number of benzene rings is 2. The summed E-state index contributed by atoms with van der Waals surface area (Å²) in [6.07, 6.45) is 0.271. The molecule has 220 valence electrons. The Morgan fingerprint density at radius 2 is 1.63 bits per heavy atom. The van der Waals surface area contributed by atoms with Gasteiger partial charge >= 0.3 is 17.9 Å². The second-order valence-electron chi connectivity index (χ2n) is 12.8. The molecule has 0 N–H and O–H groups in total. The fraction of sp³-hybridized carbons (Fsp3) is 0.516. The van der Waals surface area contributed by atoms with Crippen molar-refractivity contribution in [2.75, 3.05) is 20.8 Å². The molecule has 0 aromatic heterocycles. The van der Waals surface area contributed by atoms with Gasteiger partial charge in [0.2, 0.25) is 0 Å². The minimum atomic E-state index is -2.39. The van der Waals surface area contributed by atoms with Gasteiger partial charge in [0.1, 0.15) is 34.9 Å². The lowest BCUT2D eigenvalue weighted by molar-refractivity contribution is -0.143. The van der Waals surface area contributed by atoms with Gasteiger partial charge in [-0.15, -0.1) is 0 Å². The maximum absolute atomic E-state index is 12.8. The van der Waals surface area contributed by atoms with Crippen LogP contribution in [0.1, 0.15) is 61.9 Å². The minimum absolute atomic E-state index is 0.0261. The number of hydrogen-bond acceptors (Lipinski definition) is 9. The van der Waals surface area contributed by atoms with Crippen molar-refractivity contribution in [1.29, 1.82) is 0 Å². The summed E-state index contributed by atoms with van der Waals surface area (Å²) in [7, 11) is 0.286. The molecule has 2 aromatic carbocycles. The van der Waals surface area contributed by atoms with Gasteiger partial charge in [0.05, 0.1) is 38.5 Å². The van der Waals surface area contributed by atoms with Crippen molar-refractivity contribution in [1.82, 2.24) is 0 Å². The van der Waals surface area contributed by atoms with Gasteiger partial charge in [0.25, 0.3) is 0 Å². The zero-order valence-electron chi connectivity index (χ0n) is 24.7. The first-order valence-corrected chi connectivity index (χ1v) is 16.7. The van der Waals surface area contributed by atoms with Gasteiger partial charge in [-0.2, -0.15) is 0 Å². The molecule has 3 aliphatic rings. The summed E-state index contributed by atoms with van der Waals surface area (Å²) < 4.78 is 35.8. The molecular weight excluding hydrogens is 544 g/mol. The Bertz CT molecular complexity index is 1370. The number of esters is 3. The minimum Gasteiger partial charge on any atom is -0.490 e. The fourth-order valence-corrected chi connectivity index (χ4v) is 7.89. The van der Waals surface area contributed by atoms with Crippen LogP contribution in [0.2, 0.25) is 18.1 Å². The van der Waals surface area contributed by atoms with Crippen LogP contribution in [-0.4, -0.2) is 63.9 Å². The van der Waals surface area contributed by atoms with E-state index in [1.54, 1.807) is 36.4 Å². The molecule has 2 aliphatic heterocycles. The maximum Gasteiger partial charge on any atom is 0.343 e. The van der Waals surface area contributed by atoms with Crippen LogP contribution >= 0.6 is 0 Å². The first-order valence-electron chi connectivity index (χ1n) is 13.8. The summed E-state index contributed by atoms with van der Waals surface area (Å²) in [6.45, 7) is 11.0. The molecule has 1 aliphatic carbocycles. The van der Waals surface area contributed by atoms with Crippen LogP contribution in [0.25, 0.3) is 0 Å². The number of hydrogen-bond donors (Lipinski definition) is 0. The molecule has 1 saturated heterocycles. The molecule has 2 aromatic rings. The fourth-order valence-electron chi connectivity index (χ4n) is 6.32. The SMILES string of the molecule is COC(=O)C[C@]12C[C@@]3(O[Si](C)(C)C(C)(C)C)COc4cc(OC(=O)c5ccccc5)ccc4[C@H]3[C@@]1(CC(=O)OC)O2. The third-order valence-corrected chi connectivity index (χ3v) is 13.8. The van der Waals surface area contributed by atoms with Gasteiger partial charge in [0.15, 0.2) is 8.32 Å². The molecule has 5 rings (SSSR count). The van der Waals surface area contributed by atoms with E-state index in [4.69, 9.17) is 28.1 Å². The molecule has 41 heavy (non-hydrogen) atoms. The normalized spacial score (nSPS) is 27.9. The van der Waals surface area contributed by atoms with Crippen LogP contribution in [0.3, 0.4) is 0 Å². The number of fused-ring (bicyclic) bond motifs is 5. The number of epoxide rings is 1. The summed E-state index contributed by atoms with van der Waals surface area (Å²) in [5.74, 6) is -0.967. The summed E-state index contributed by atoms with van der Waals surface area (Å²) in [4.78, 5) is 38.1. The van der Waals surface area contributed by atoms with Crippen molar-refractivity contribution in [2.24, 2.45) is 0 Å². The number of carbonyl (C=O) groups excluding carboxylic acids is 3. The first kappa shape index (κ1) is 29.3. The number of rotatable bonds is 8. The van der Waals surface area contributed by atoms with Gasteiger partial charge in [-0.3, -0.25) is 9.59 Å². The van der Waals surface area contributed by atoms with Crippen molar-refractivity contribution < 1.29 is 42.5 Å². The van der Waals surface area contributed by atoms with Crippen molar-refractivity contribution in [3.05, 3.63) is 59.7 Å². The highest BCUT2D eigenvalue weighted by Gasteiger charge is 2.86. The second kappa shape index (κ2) is 9.96. The van der Waals surface area contributed by atoms with Crippen molar-refractivity contribution in [3.63, 3.8) is 0 Å². The van der Waals surface area contributed by atoms with E-state index < -0.39 is 48.9 Å². The van der Waals surface area contributed by atoms with E-state index in [0.29, 0.717) is 23.5 Å². The highest BCUT2D eigenvalue weighted by Crippen LogP contribution is 2.75. The van der Waals surface area contributed by atoms with Crippen LogP contribution in [0.4, 0.5) is 0 Å². The average Bonchev–Trinajstić information content (AvgIpc) is 3.44. The summed E-state index contributed by atoms with van der Waals surface area (Å²) in [6, 6.07) is 14.0. The van der Waals surface area contributed by atoms with E-state index in [-0.39, 0.29) is 24.5 Å². The molecule has 2 heterocycles. The molecule has 0 spiro atoms. The smallest absolute Gasteiger partial charge is 0.343 e. The highest BCUT2D eigenvalue weighted by molar-refractivity contribution is 6.74. The lowest BCUT2D eigenvalue weighted by atomic mass is 9.75.